The molecule has 0 aliphatic carbocycles. The maximum absolute atomic E-state index is 11.4. The molecule has 1 N–H and O–H groups in total. The van der Waals surface area contributed by atoms with Crippen LogP contribution >= 0.6 is 0 Å². The Balaban J connectivity index is 3.06. The second-order valence-corrected chi connectivity index (χ2v) is 1.79. The molecule has 3 heteroatoms. The van der Waals surface area contributed by atoms with Crippen molar-refractivity contribution in [1.29, 1.82) is 0 Å². The molecule has 0 saturated heterocycles. The zero-order valence-corrected chi connectivity index (χ0v) is 5.61. The van der Waals surface area contributed by atoms with Gasteiger partial charge >= 0.3 is 0 Å². The fourth-order valence-corrected chi connectivity index (χ4v) is 0.439. The molecular formula is C6H12FNO. The van der Waals surface area contributed by atoms with Crippen LogP contribution in [0.4, 0.5) is 4.39 Å². The molecule has 0 aromatic rings. The summed E-state index contributed by atoms with van der Waals surface area (Å²) < 4.78 is 11.4. The number of carbonyl (C=O) groups is 1. The van der Waals surface area contributed by atoms with E-state index in [1.54, 1.807) is 0 Å². The molecule has 0 fully saturated rings. The monoisotopic (exact) mass is 133 g/mol. The lowest BCUT2D eigenvalue weighted by atomic mass is 10.4. The van der Waals surface area contributed by atoms with Gasteiger partial charge < -0.3 is 5.32 Å². The molecule has 0 atom stereocenters. The van der Waals surface area contributed by atoms with Crippen molar-refractivity contribution in [2.24, 2.45) is 0 Å². The molecule has 0 saturated carbocycles. The minimum absolute atomic E-state index is 0. The van der Waals surface area contributed by atoms with Crippen molar-refractivity contribution < 1.29 is 9.18 Å². The highest BCUT2D eigenvalue weighted by molar-refractivity contribution is 5.75. The van der Waals surface area contributed by atoms with Gasteiger partial charge in [0.2, 0.25) is 5.91 Å². The number of nitrogens with one attached hydrogen (secondary N) is 1. The Hall–Kier alpha value is -0.600. The predicted molar refractivity (Wildman–Crippen MR) is 33.9 cm³/mol. The van der Waals surface area contributed by atoms with Gasteiger partial charge in [0.25, 0.3) is 0 Å². The third-order valence-electron chi connectivity index (χ3n) is 0.894. The molecular weight excluding hydrogens is 121 g/mol. The third kappa shape index (κ3) is 5.27. The molecule has 0 aromatic carbocycles. The first-order valence-corrected chi connectivity index (χ1v) is 3.14. The first kappa shape index (κ1) is 8.40. The molecule has 0 aliphatic heterocycles. The van der Waals surface area contributed by atoms with Crippen LogP contribution in [0, 0.1) is 0 Å². The van der Waals surface area contributed by atoms with Crippen molar-refractivity contribution in [3.05, 3.63) is 0 Å². The zero-order valence-electron chi connectivity index (χ0n) is 5.61. The number of alkyl halides is 1. The molecule has 0 spiro atoms. The lowest BCUT2D eigenvalue weighted by molar-refractivity contribution is -0.121. The quantitative estimate of drug-likeness (QED) is 0.605. The summed E-state index contributed by atoms with van der Waals surface area (Å²) in [4.78, 5) is 10.5. The SMILES string of the molecule is CCCNC(=O)CCF. The molecule has 54 valence electrons. The summed E-state index contributed by atoms with van der Waals surface area (Å²) in [7, 11) is 0. The van der Waals surface area contributed by atoms with Crippen LogP contribution in [0.25, 0.3) is 0 Å². The van der Waals surface area contributed by atoms with Crippen LogP contribution in [0.2, 0.25) is 0 Å². The zero-order chi connectivity index (χ0) is 7.11. The van der Waals surface area contributed by atoms with E-state index in [4.69, 9.17) is 0 Å². The molecule has 9 heavy (non-hydrogen) atoms. The van der Waals surface area contributed by atoms with E-state index in [0.717, 1.165) is 6.42 Å². The molecule has 0 bridgehead atoms. The standard InChI is InChI=1S/C6H12FNO/c1-2-5-8-6(9)3-4-7/h2-5H2,1H3,(H,8,9). The van der Waals surface area contributed by atoms with Gasteiger partial charge in [-0.05, 0) is 6.42 Å². The van der Waals surface area contributed by atoms with E-state index >= 15 is 0 Å². The van der Waals surface area contributed by atoms with Gasteiger partial charge in [0.05, 0.1) is 13.1 Å². The molecule has 1 amide bonds. The van der Waals surface area contributed by atoms with E-state index in [-0.39, 0.29) is 12.3 Å². The van der Waals surface area contributed by atoms with Gasteiger partial charge in [-0.3, -0.25) is 9.18 Å². The number of rotatable bonds is 4. The van der Waals surface area contributed by atoms with Crippen LogP contribution in [0.15, 0.2) is 0 Å². The van der Waals surface area contributed by atoms with Crippen LogP contribution < -0.4 is 5.32 Å². The summed E-state index contributed by atoms with van der Waals surface area (Å²) in [6.07, 6.45) is 0.901. The van der Waals surface area contributed by atoms with Gasteiger partial charge in [-0.25, -0.2) is 0 Å². The van der Waals surface area contributed by atoms with Gasteiger partial charge in [-0.15, -0.1) is 0 Å². The number of amides is 1. The average molecular weight is 133 g/mol. The van der Waals surface area contributed by atoms with E-state index in [0.29, 0.717) is 6.54 Å². The second kappa shape index (κ2) is 5.54. The first-order chi connectivity index (χ1) is 4.31. The summed E-state index contributed by atoms with van der Waals surface area (Å²) in [6, 6.07) is 0. The number of halogens is 1. The molecule has 0 unspecified atom stereocenters. The highest BCUT2D eigenvalue weighted by Crippen LogP contribution is 1.80. The Morgan fingerprint density at radius 2 is 2.33 bits per heavy atom. The van der Waals surface area contributed by atoms with Crippen molar-refractivity contribution in [1.82, 2.24) is 5.32 Å². The van der Waals surface area contributed by atoms with E-state index in [2.05, 4.69) is 5.32 Å². The largest absolute Gasteiger partial charge is 0.356 e. The summed E-state index contributed by atoms with van der Waals surface area (Å²) in [5.41, 5.74) is 0. The fourth-order valence-electron chi connectivity index (χ4n) is 0.439. The minimum atomic E-state index is -0.560. The first-order valence-electron chi connectivity index (χ1n) is 3.14. The molecule has 0 aliphatic rings. The van der Waals surface area contributed by atoms with Gasteiger partial charge in [-0.1, -0.05) is 6.92 Å². The second-order valence-electron chi connectivity index (χ2n) is 1.79. The van der Waals surface area contributed by atoms with Crippen molar-refractivity contribution in [3.63, 3.8) is 0 Å². The Morgan fingerprint density at radius 1 is 1.67 bits per heavy atom. The molecule has 0 aromatic heterocycles. The maximum atomic E-state index is 11.4. The van der Waals surface area contributed by atoms with E-state index in [1.165, 1.54) is 0 Å². The Bertz CT molecular complexity index is 85.1. The molecule has 2 nitrogen and oxygen atoms in total. The van der Waals surface area contributed by atoms with Crippen LogP contribution in [-0.2, 0) is 4.79 Å². The lowest BCUT2D eigenvalue weighted by Crippen LogP contribution is -2.23. The summed E-state index contributed by atoms with van der Waals surface area (Å²) in [5, 5.41) is 2.55. The molecule has 0 radical (unpaired) electrons. The van der Waals surface area contributed by atoms with Crippen LogP contribution in [0.1, 0.15) is 19.8 Å². The molecule has 0 heterocycles. The highest BCUT2D eigenvalue weighted by atomic mass is 19.1. The summed E-state index contributed by atoms with van der Waals surface area (Å²) >= 11 is 0. The van der Waals surface area contributed by atoms with Crippen molar-refractivity contribution in [3.8, 4) is 0 Å². The van der Waals surface area contributed by atoms with Crippen LogP contribution in [-0.4, -0.2) is 19.1 Å². The van der Waals surface area contributed by atoms with Crippen molar-refractivity contribution in [2.75, 3.05) is 13.2 Å². The van der Waals surface area contributed by atoms with E-state index < -0.39 is 6.67 Å². The third-order valence-corrected chi connectivity index (χ3v) is 0.894. The van der Waals surface area contributed by atoms with Crippen molar-refractivity contribution in [2.45, 2.75) is 19.8 Å². The van der Waals surface area contributed by atoms with Gasteiger partial charge in [0.1, 0.15) is 0 Å². The van der Waals surface area contributed by atoms with Gasteiger partial charge in [0, 0.05) is 6.54 Å². The normalized spacial score (nSPS) is 9.11. The van der Waals surface area contributed by atoms with Crippen LogP contribution in [0.5, 0.6) is 0 Å². The number of hydrogen-bond acceptors (Lipinski definition) is 1. The molecule has 0 rings (SSSR count). The Morgan fingerprint density at radius 3 is 2.78 bits per heavy atom. The highest BCUT2D eigenvalue weighted by Gasteiger charge is 1.96. The maximum Gasteiger partial charge on any atom is 0.222 e. The minimum Gasteiger partial charge on any atom is -0.356 e. The van der Waals surface area contributed by atoms with Gasteiger partial charge in [0.15, 0.2) is 0 Å². The Labute approximate surface area is 54.4 Å². The summed E-state index contributed by atoms with van der Waals surface area (Å²) in [6.45, 7) is 2.05. The summed E-state index contributed by atoms with van der Waals surface area (Å²) in [5.74, 6) is -0.195. The fraction of sp³-hybridized carbons (Fsp3) is 0.833. The lowest BCUT2D eigenvalue weighted by Gasteiger charge is -1.98. The Kier molecular flexibility index (Phi) is 5.17. The van der Waals surface area contributed by atoms with E-state index in [9.17, 15) is 9.18 Å². The predicted octanol–water partition coefficient (Wildman–Crippen LogP) is 0.872. The number of hydrogen-bond donors (Lipinski definition) is 1. The van der Waals surface area contributed by atoms with Gasteiger partial charge in [-0.2, -0.15) is 0 Å². The number of carbonyl (C=O) groups excluding carboxylic acids is 1. The van der Waals surface area contributed by atoms with Crippen LogP contribution in [0.3, 0.4) is 0 Å². The van der Waals surface area contributed by atoms with E-state index in [1.807, 2.05) is 6.92 Å². The average Bonchev–Trinajstić information content (AvgIpc) is 1.85. The topological polar surface area (TPSA) is 29.1 Å². The van der Waals surface area contributed by atoms with Crippen molar-refractivity contribution >= 4 is 5.91 Å². The smallest absolute Gasteiger partial charge is 0.222 e.